The molecule has 2 aromatic rings. The van der Waals surface area contributed by atoms with E-state index in [0.717, 1.165) is 28.6 Å². The maximum atomic E-state index is 13.1. The van der Waals surface area contributed by atoms with Gasteiger partial charge in [0.05, 0.1) is 29.9 Å². The number of rotatable bonds is 4. The summed E-state index contributed by atoms with van der Waals surface area (Å²) < 4.78 is 7.29. The van der Waals surface area contributed by atoms with Crippen LogP contribution in [-0.4, -0.2) is 35.2 Å². The lowest BCUT2D eigenvalue weighted by atomic mass is 10.1. The van der Waals surface area contributed by atoms with E-state index in [1.807, 2.05) is 28.9 Å². The Bertz CT molecular complexity index is 963. The smallest absolute Gasteiger partial charge is 0.230 e. The molecule has 1 N–H and O–H groups in total. The lowest BCUT2D eigenvalue weighted by Gasteiger charge is -2.24. The van der Waals surface area contributed by atoms with Crippen molar-refractivity contribution in [2.24, 2.45) is 5.92 Å². The van der Waals surface area contributed by atoms with Gasteiger partial charge in [-0.25, -0.2) is 4.68 Å². The number of nitrogens with one attached hydrogen (secondary N) is 1. The number of anilines is 2. The summed E-state index contributed by atoms with van der Waals surface area (Å²) in [6, 6.07) is 7.38. The number of hydrogen-bond donors (Lipinski definition) is 1. The van der Waals surface area contributed by atoms with E-state index in [4.69, 9.17) is 9.84 Å². The molecule has 1 atom stereocenters. The third-order valence-electron chi connectivity index (χ3n) is 5.30. The maximum absolute atomic E-state index is 13.1. The van der Waals surface area contributed by atoms with Crippen molar-refractivity contribution < 1.29 is 14.3 Å². The average Bonchev–Trinajstić information content (AvgIpc) is 3.37. The Labute approximate surface area is 174 Å². The quantitative estimate of drug-likeness (QED) is 0.830. The first-order valence-electron chi connectivity index (χ1n) is 9.73. The van der Waals surface area contributed by atoms with Crippen LogP contribution in [0, 0.1) is 5.92 Å². The Kier molecular flexibility index (Phi) is 5.06. The van der Waals surface area contributed by atoms with E-state index in [9.17, 15) is 9.59 Å². The van der Waals surface area contributed by atoms with E-state index in [0.29, 0.717) is 18.0 Å². The molecular weight excluding hydrogens is 388 g/mol. The van der Waals surface area contributed by atoms with E-state index >= 15 is 0 Å². The molecule has 0 bridgehead atoms. The molecule has 2 aliphatic heterocycles. The molecule has 2 aliphatic rings. The number of nitrogens with zero attached hydrogens (tertiary/aromatic N) is 3. The van der Waals surface area contributed by atoms with Crippen molar-refractivity contribution in [2.45, 2.75) is 44.2 Å². The van der Waals surface area contributed by atoms with Crippen molar-refractivity contribution in [1.29, 1.82) is 0 Å². The Morgan fingerprint density at radius 3 is 2.76 bits per heavy atom. The van der Waals surface area contributed by atoms with Crippen LogP contribution in [0.25, 0.3) is 0 Å². The Balaban J connectivity index is 1.56. The lowest BCUT2D eigenvalue weighted by Crippen LogP contribution is -2.31. The summed E-state index contributed by atoms with van der Waals surface area (Å²) in [5.41, 5.74) is 2.60. The van der Waals surface area contributed by atoms with Gasteiger partial charge in [-0.05, 0) is 32.9 Å². The monoisotopic (exact) mass is 414 g/mol. The van der Waals surface area contributed by atoms with Crippen LogP contribution < -0.4 is 15.0 Å². The first-order chi connectivity index (χ1) is 13.8. The van der Waals surface area contributed by atoms with Gasteiger partial charge in [0.15, 0.2) is 0 Å². The highest BCUT2D eigenvalue weighted by Gasteiger charge is 2.38. The van der Waals surface area contributed by atoms with Gasteiger partial charge in [0.2, 0.25) is 11.8 Å². The molecule has 7 nitrogen and oxygen atoms in total. The number of ether oxygens (including phenoxy) is 1. The van der Waals surface area contributed by atoms with Gasteiger partial charge < -0.3 is 15.0 Å². The van der Waals surface area contributed by atoms with E-state index < -0.39 is 5.92 Å². The number of amides is 2. The molecular formula is C21H26N4O3S. The van der Waals surface area contributed by atoms with Gasteiger partial charge in [-0.1, -0.05) is 12.1 Å². The number of methoxy groups -OCH3 is 1. The van der Waals surface area contributed by atoms with Crippen LogP contribution in [0.1, 0.15) is 38.4 Å². The highest BCUT2D eigenvalue weighted by atomic mass is 32.2. The molecule has 0 saturated carbocycles. The SMILES string of the molecule is COc1ccccc1N1CC(C(=O)Nc2c3c(nn2C(C)(C)C)CSC3)CC1=O. The van der Waals surface area contributed by atoms with E-state index in [2.05, 4.69) is 26.1 Å². The minimum atomic E-state index is -0.416. The third-order valence-corrected chi connectivity index (χ3v) is 6.27. The molecule has 4 rings (SSSR count). The van der Waals surface area contributed by atoms with Crippen molar-refractivity contribution in [1.82, 2.24) is 9.78 Å². The minimum Gasteiger partial charge on any atom is -0.495 e. The molecule has 1 aromatic carbocycles. The van der Waals surface area contributed by atoms with Crippen molar-refractivity contribution in [2.75, 3.05) is 23.9 Å². The number of carbonyl (C=O) groups is 2. The Hall–Kier alpha value is -2.48. The number of para-hydroxylation sites is 2. The zero-order valence-electron chi connectivity index (χ0n) is 17.2. The van der Waals surface area contributed by atoms with Crippen LogP contribution >= 0.6 is 11.8 Å². The first kappa shape index (κ1) is 19.8. The second-order valence-corrected chi connectivity index (χ2v) is 9.40. The number of thioether (sulfide) groups is 1. The number of hydrogen-bond acceptors (Lipinski definition) is 5. The standard InChI is InChI=1S/C21H26N4O3S/c1-21(2,3)25-19(14-11-29-12-15(14)23-25)22-20(27)13-9-18(26)24(10-13)16-7-5-6-8-17(16)28-4/h5-8,13H,9-12H2,1-4H3,(H,22,27). The molecule has 154 valence electrons. The predicted octanol–water partition coefficient (Wildman–Crippen LogP) is 3.39. The average molecular weight is 415 g/mol. The van der Waals surface area contributed by atoms with E-state index in [1.54, 1.807) is 23.8 Å². The molecule has 1 unspecified atom stereocenters. The van der Waals surface area contributed by atoms with Crippen molar-refractivity contribution >= 4 is 35.1 Å². The van der Waals surface area contributed by atoms with Crippen LogP contribution in [0.4, 0.5) is 11.5 Å². The second-order valence-electron chi connectivity index (χ2n) is 8.42. The second kappa shape index (κ2) is 7.40. The zero-order chi connectivity index (χ0) is 20.8. The Morgan fingerprint density at radius 2 is 2.03 bits per heavy atom. The summed E-state index contributed by atoms with van der Waals surface area (Å²) in [7, 11) is 1.58. The molecule has 1 saturated heterocycles. The number of aromatic nitrogens is 2. The zero-order valence-corrected chi connectivity index (χ0v) is 18.0. The fourth-order valence-corrected chi connectivity index (χ4v) is 4.85. The van der Waals surface area contributed by atoms with Crippen LogP contribution in [0.2, 0.25) is 0 Å². The summed E-state index contributed by atoms with van der Waals surface area (Å²) in [6.07, 6.45) is 0.185. The molecule has 1 fully saturated rings. The fourth-order valence-electron chi connectivity index (χ4n) is 3.81. The van der Waals surface area contributed by atoms with Gasteiger partial charge in [0.25, 0.3) is 0 Å². The third kappa shape index (κ3) is 3.61. The van der Waals surface area contributed by atoms with Crippen LogP contribution in [0.15, 0.2) is 24.3 Å². The summed E-state index contributed by atoms with van der Waals surface area (Å²) in [5, 5.41) is 7.83. The number of carbonyl (C=O) groups excluding carboxylic acids is 2. The van der Waals surface area contributed by atoms with Crippen molar-refractivity contribution in [3.8, 4) is 5.75 Å². The summed E-state index contributed by atoms with van der Waals surface area (Å²) in [5.74, 6) is 2.48. The highest BCUT2D eigenvalue weighted by Crippen LogP contribution is 2.38. The van der Waals surface area contributed by atoms with Gasteiger partial charge in [0.1, 0.15) is 11.6 Å². The molecule has 3 heterocycles. The highest BCUT2D eigenvalue weighted by molar-refractivity contribution is 7.98. The van der Waals surface area contributed by atoms with Crippen LogP contribution in [0.3, 0.4) is 0 Å². The minimum absolute atomic E-state index is 0.0697. The Morgan fingerprint density at radius 1 is 1.28 bits per heavy atom. The van der Waals surface area contributed by atoms with Crippen molar-refractivity contribution in [3.63, 3.8) is 0 Å². The summed E-state index contributed by atoms with van der Waals surface area (Å²) >= 11 is 1.80. The van der Waals surface area contributed by atoms with Crippen LogP contribution in [-0.2, 0) is 26.6 Å². The molecule has 1 aromatic heterocycles. The summed E-state index contributed by atoms with van der Waals surface area (Å²) in [6.45, 7) is 6.55. The van der Waals surface area contributed by atoms with Gasteiger partial charge >= 0.3 is 0 Å². The topological polar surface area (TPSA) is 76.5 Å². The maximum Gasteiger partial charge on any atom is 0.230 e. The molecule has 2 amide bonds. The first-order valence-corrected chi connectivity index (χ1v) is 10.9. The van der Waals surface area contributed by atoms with Crippen molar-refractivity contribution in [3.05, 3.63) is 35.5 Å². The van der Waals surface area contributed by atoms with E-state index in [-0.39, 0.29) is 23.8 Å². The summed E-state index contributed by atoms with van der Waals surface area (Å²) in [4.78, 5) is 27.4. The largest absolute Gasteiger partial charge is 0.495 e. The number of fused-ring (bicyclic) bond motifs is 1. The molecule has 8 heteroatoms. The molecule has 0 radical (unpaired) electrons. The fraction of sp³-hybridized carbons (Fsp3) is 0.476. The molecule has 0 spiro atoms. The predicted molar refractivity (Wildman–Crippen MR) is 114 cm³/mol. The molecule has 0 aliphatic carbocycles. The van der Waals surface area contributed by atoms with Gasteiger partial charge in [-0.3, -0.25) is 9.59 Å². The normalized spacial score (nSPS) is 18.8. The van der Waals surface area contributed by atoms with E-state index in [1.165, 1.54) is 0 Å². The van der Waals surface area contributed by atoms with Gasteiger partial charge in [0, 0.05) is 30.0 Å². The number of benzene rings is 1. The lowest BCUT2D eigenvalue weighted by molar-refractivity contribution is -0.122. The molecule has 29 heavy (non-hydrogen) atoms. The van der Waals surface area contributed by atoms with Crippen LogP contribution in [0.5, 0.6) is 5.75 Å². The van der Waals surface area contributed by atoms with Gasteiger partial charge in [-0.2, -0.15) is 16.9 Å². The van der Waals surface area contributed by atoms with Gasteiger partial charge in [-0.15, -0.1) is 0 Å².